The van der Waals surface area contributed by atoms with Gasteiger partial charge in [0.05, 0.1) is 5.92 Å². The summed E-state index contributed by atoms with van der Waals surface area (Å²) < 4.78 is 0. The van der Waals surface area contributed by atoms with Crippen LogP contribution in [0.5, 0.6) is 0 Å². The molecule has 23 heavy (non-hydrogen) atoms. The minimum absolute atomic E-state index is 0. The summed E-state index contributed by atoms with van der Waals surface area (Å²) in [5.74, 6) is 0.0928. The maximum atomic E-state index is 12.1. The van der Waals surface area contributed by atoms with E-state index in [1.807, 2.05) is 0 Å². The molecule has 0 radical (unpaired) electrons. The molecule has 126 valence electrons. The molecular weight excluding hydrogens is 316 g/mol. The van der Waals surface area contributed by atoms with Crippen LogP contribution < -0.4 is 21.3 Å². The number of piperidine rings is 1. The maximum absolute atomic E-state index is 12.1. The predicted molar refractivity (Wildman–Crippen MR) is 93.1 cm³/mol. The van der Waals surface area contributed by atoms with Gasteiger partial charge in [0, 0.05) is 24.0 Å². The number of urea groups is 1. The second-order valence-corrected chi connectivity index (χ2v) is 5.98. The first-order chi connectivity index (χ1) is 10.7. The highest BCUT2D eigenvalue weighted by molar-refractivity contribution is 5.93. The van der Waals surface area contributed by atoms with Crippen molar-refractivity contribution in [1.29, 1.82) is 0 Å². The summed E-state index contributed by atoms with van der Waals surface area (Å²) in [6.07, 6.45) is 4.10. The van der Waals surface area contributed by atoms with Crippen LogP contribution in [0.1, 0.15) is 25.7 Å². The number of rotatable bonds is 4. The van der Waals surface area contributed by atoms with Crippen LogP contribution in [0, 0.1) is 5.92 Å². The van der Waals surface area contributed by atoms with Crippen molar-refractivity contribution in [2.75, 3.05) is 23.7 Å². The number of nitrogens with one attached hydrogen (secondary N) is 4. The first-order valence-electron chi connectivity index (χ1n) is 7.90. The van der Waals surface area contributed by atoms with E-state index in [-0.39, 0.29) is 30.3 Å². The van der Waals surface area contributed by atoms with E-state index in [9.17, 15) is 9.59 Å². The van der Waals surface area contributed by atoms with Gasteiger partial charge in [0.2, 0.25) is 5.91 Å². The van der Waals surface area contributed by atoms with Crippen LogP contribution in [0.4, 0.5) is 16.2 Å². The largest absolute Gasteiger partial charge is 0.335 e. The number of carbonyl (C=O) groups is 2. The molecule has 2 fully saturated rings. The zero-order chi connectivity index (χ0) is 15.4. The molecule has 4 N–H and O–H groups in total. The Labute approximate surface area is 142 Å². The Morgan fingerprint density at radius 1 is 1.00 bits per heavy atom. The number of carbonyl (C=O) groups excluding carboxylic acids is 2. The van der Waals surface area contributed by atoms with Crippen LogP contribution in [0.2, 0.25) is 0 Å². The predicted octanol–water partition coefficient (Wildman–Crippen LogP) is 2.33. The molecule has 1 saturated heterocycles. The Kier molecular flexibility index (Phi) is 6.24. The lowest BCUT2D eigenvalue weighted by Gasteiger charge is -2.21. The van der Waals surface area contributed by atoms with E-state index in [0.717, 1.165) is 50.1 Å². The van der Waals surface area contributed by atoms with Crippen LogP contribution in [-0.4, -0.2) is 31.1 Å². The molecule has 1 heterocycles. The Hall–Kier alpha value is -1.79. The third kappa shape index (κ3) is 5.41. The highest BCUT2D eigenvalue weighted by atomic mass is 35.5. The Bertz CT molecular complexity index is 540. The zero-order valence-corrected chi connectivity index (χ0v) is 13.7. The molecule has 3 rings (SSSR count). The van der Waals surface area contributed by atoms with Gasteiger partial charge in [-0.15, -0.1) is 12.4 Å². The lowest BCUT2D eigenvalue weighted by molar-refractivity contribution is -0.120. The van der Waals surface area contributed by atoms with Crippen molar-refractivity contribution in [2.24, 2.45) is 5.92 Å². The van der Waals surface area contributed by atoms with Crippen molar-refractivity contribution in [3.63, 3.8) is 0 Å². The normalized spacial score (nSPS) is 20.1. The molecule has 3 amide bonds. The number of benzene rings is 1. The van der Waals surface area contributed by atoms with Crippen LogP contribution in [0.3, 0.4) is 0 Å². The lowest BCUT2D eigenvalue weighted by Crippen LogP contribution is -2.37. The fourth-order valence-electron chi connectivity index (χ4n) is 2.54. The standard InChI is InChI=1S/C16H22N4O2.ClH/c21-15(11-2-1-9-17-10-11)18-12-3-5-13(6-4-12)19-16(22)20-14-7-8-14;/h3-6,11,14,17H,1-2,7-10H2,(H,18,21)(H2,19,20,22);1H. The summed E-state index contributed by atoms with van der Waals surface area (Å²) in [4.78, 5) is 23.8. The monoisotopic (exact) mass is 338 g/mol. The number of anilines is 2. The highest BCUT2D eigenvalue weighted by Crippen LogP contribution is 2.19. The molecule has 1 aliphatic heterocycles. The molecule has 0 aromatic heterocycles. The molecule has 7 heteroatoms. The molecule has 0 spiro atoms. The van der Waals surface area contributed by atoms with Crippen molar-refractivity contribution in [1.82, 2.24) is 10.6 Å². The Balaban J connectivity index is 0.00000192. The lowest BCUT2D eigenvalue weighted by atomic mass is 9.99. The molecule has 1 unspecified atom stereocenters. The van der Waals surface area contributed by atoms with Gasteiger partial charge in [0.1, 0.15) is 0 Å². The number of hydrogen-bond acceptors (Lipinski definition) is 3. The first kappa shape index (κ1) is 17.6. The highest BCUT2D eigenvalue weighted by Gasteiger charge is 2.23. The van der Waals surface area contributed by atoms with Gasteiger partial charge in [-0.25, -0.2) is 4.79 Å². The van der Waals surface area contributed by atoms with Gasteiger partial charge >= 0.3 is 6.03 Å². The first-order valence-corrected chi connectivity index (χ1v) is 7.90. The van der Waals surface area contributed by atoms with Crippen molar-refractivity contribution in [3.05, 3.63) is 24.3 Å². The average molecular weight is 339 g/mol. The average Bonchev–Trinajstić information content (AvgIpc) is 3.34. The van der Waals surface area contributed by atoms with E-state index in [2.05, 4.69) is 21.3 Å². The van der Waals surface area contributed by atoms with Crippen LogP contribution in [0.25, 0.3) is 0 Å². The summed E-state index contributed by atoms with van der Waals surface area (Å²) in [5, 5.41) is 11.8. The van der Waals surface area contributed by atoms with Crippen LogP contribution in [0.15, 0.2) is 24.3 Å². The molecule has 2 aliphatic rings. The molecule has 1 aromatic rings. The van der Waals surface area contributed by atoms with Crippen LogP contribution >= 0.6 is 12.4 Å². The van der Waals surface area contributed by atoms with Crippen molar-refractivity contribution < 1.29 is 9.59 Å². The molecule has 1 aromatic carbocycles. The van der Waals surface area contributed by atoms with Gasteiger partial charge in [-0.05, 0) is 56.5 Å². The third-order valence-corrected chi connectivity index (χ3v) is 3.99. The van der Waals surface area contributed by atoms with Gasteiger partial charge in [-0.3, -0.25) is 4.79 Å². The second kappa shape index (κ2) is 8.17. The summed E-state index contributed by atoms with van der Waals surface area (Å²) in [7, 11) is 0. The van der Waals surface area contributed by atoms with Gasteiger partial charge in [0.15, 0.2) is 0 Å². The SMILES string of the molecule is Cl.O=C(Nc1ccc(NC(=O)C2CCCNC2)cc1)NC1CC1. The molecular formula is C16H23ClN4O2. The van der Waals surface area contributed by atoms with E-state index < -0.39 is 0 Å². The minimum atomic E-state index is -0.174. The molecule has 1 atom stereocenters. The summed E-state index contributed by atoms with van der Waals surface area (Å²) >= 11 is 0. The van der Waals surface area contributed by atoms with Crippen molar-refractivity contribution in [2.45, 2.75) is 31.7 Å². The topological polar surface area (TPSA) is 82.3 Å². The number of amides is 3. The fraction of sp³-hybridized carbons (Fsp3) is 0.500. The summed E-state index contributed by atoms with van der Waals surface area (Å²) in [6.45, 7) is 1.74. The minimum Gasteiger partial charge on any atom is -0.335 e. The smallest absolute Gasteiger partial charge is 0.319 e. The third-order valence-electron chi connectivity index (χ3n) is 3.99. The number of hydrogen-bond donors (Lipinski definition) is 4. The van der Waals surface area contributed by atoms with Crippen LogP contribution in [-0.2, 0) is 4.79 Å². The zero-order valence-electron chi connectivity index (χ0n) is 12.9. The Morgan fingerprint density at radius 2 is 1.65 bits per heavy atom. The van der Waals surface area contributed by atoms with Gasteiger partial charge in [-0.2, -0.15) is 0 Å². The second-order valence-electron chi connectivity index (χ2n) is 5.98. The molecule has 6 nitrogen and oxygen atoms in total. The molecule has 0 bridgehead atoms. The quantitative estimate of drug-likeness (QED) is 0.680. The Morgan fingerprint density at radius 3 is 2.22 bits per heavy atom. The fourth-order valence-corrected chi connectivity index (χ4v) is 2.54. The maximum Gasteiger partial charge on any atom is 0.319 e. The molecule has 1 saturated carbocycles. The van der Waals surface area contributed by atoms with Gasteiger partial charge in [0.25, 0.3) is 0 Å². The van der Waals surface area contributed by atoms with E-state index in [1.54, 1.807) is 24.3 Å². The van der Waals surface area contributed by atoms with E-state index >= 15 is 0 Å². The van der Waals surface area contributed by atoms with E-state index in [4.69, 9.17) is 0 Å². The van der Waals surface area contributed by atoms with Crippen molar-refractivity contribution in [3.8, 4) is 0 Å². The van der Waals surface area contributed by atoms with Gasteiger partial charge < -0.3 is 21.3 Å². The summed E-state index contributed by atoms with van der Waals surface area (Å²) in [6, 6.07) is 7.36. The van der Waals surface area contributed by atoms with E-state index in [1.165, 1.54) is 0 Å². The summed E-state index contributed by atoms with van der Waals surface area (Å²) in [5.41, 5.74) is 1.47. The van der Waals surface area contributed by atoms with Crippen molar-refractivity contribution >= 4 is 35.7 Å². The van der Waals surface area contributed by atoms with Gasteiger partial charge in [-0.1, -0.05) is 0 Å². The molecule has 1 aliphatic carbocycles. The van der Waals surface area contributed by atoms with E-state index in [0.29, 0.717) is 6.04 Å². The number of halogens is 1.